The minimum absolute atomic E-state index is 0.121. The number of Topliss-reactive ketones (excluding diaryl/α,β-unsaturated/α-hetero) is 1. The molecule has 2 heterocycles. The van der Waals surface area contributed by atoms with Crippen molar-refractivity contribution in [2.45, 2.75) is 13.8 Å². The maximum atomic E-state index is 12.7. The molecule has 0 saturated carbocycles. The number of benzene rings is 1. The van der Waals surface area contributed by atoms with Crippen LogP contribution < -0.4 is 5.56 Å². The second kappa shape index (κ2) is 5.22. The van der Waals surface area contributed by atoms with Gasteiger partial charge in [-0.25, -0.2) is 4.98 Å². The van der Waals surface area contributed by atoms with Crippen molar-refractivity contribution >= 4 is 16.6 Å². The van der Waals surface area contributed by atoms with Gasteiger partial charge in [0.1, 0.15) is 5.69 Å². The Morgan fingerprint density at radius 1 is 1.09 bits per heavy atom. The predicted octanol–water partition coefficient (Wildman–Crippen LogP) is 3.11. The van der Waals surface area contributed by atoms with Crippen LogP contribution in [0.5, 0.6) is 0 Å². The molecule has 0 fully saturated rings. The van der Waals surface area contributed by atoms with Crippen LogP contribution in [0.25, 0.3) is 22.0 Å². The van der Waals surface area contributed by atoms with E-state index < -0.39 is 0 Å². The average molecular weight is 292 g/mol. The minimum Gasteiger partial charge on any atom is -0.311 e. The van der Waals surface area contributed by atoms with Crippen LogP contribution in [0.3, 0.4) is 0 Å². The van der Waals surface area contributed by atoms with E-state index in [-0.39, 0.29) is 11.3 Å². The number of hydrogen-bond donors (Lipinski definition) is 0. The van der Waals surface area contributed by atoms with Crippen molar-refractivity contribution in [2.24, 2.45) is 7.05 Å². The summed E-state index contributed by atoms with van der Waals surface area (Å²) >= 11 is 0. The summed E-state index contributed by atoms with van der Waals surface area (Å²) in [4.78, 5) is 28.9. The average Bonchev–Trinajstić information content (AvgIpc) is 2.51. The van der Waals surface area contributed by atoms with Gasteiger partial charge in [0.2, 0.25) is 0 Å². The number of nitrogens with zero attached hydrogens (tertiary/aromatic N) is 2. The number of aryl methyl sites for hydroxylation is 1. The van der Waals surface area contributed by atoms with Gasteiger partial charge >= 0.3 is 0 Å². The summed E-state index contributed by atoms with van der Waals surface area (Å²) in [5.74, 6) is -0.138. The van der Waals surface area contributed by atoms with E-state index in [1.807, 2.05) is 36.4 Å². The van der Waals surface area contributed by atoms with Crippen LogP contribution in [0.15, 0.2) is 47.3 Å². The van der Waals surface area contributed by atoms with Gasteiger partial charge in [-0.15, -0.1) is 0 Å². The van der Waals surface area contributed by atoms with E-state index in [1.54, 1.807) is 24.6 Å². The molecule has 0 aliphatic rings. The van der Waals surface area contributed by atoms with Gasteiger partial charge in [0.15, 0.2) is 5.78 Å². The van der Waals surface area contributed by atoms with Crippen LogP contribution in [0.4, 0.5) is 0 Å². The van der Waals surface area contributed by atoms with Crippen LogP contribution in [0.2, 0.25) is 0 Å². The molecule has 0 radical (unpaired) electrons. The molecular weight excluding hydrogens is 276 g/mol. The fourth-order valence-corrected chi connectivity index (χ4v) is 2.68. The van der Waals surface area contributed by atoms with Gasteiger partial charge in [-0.2, -0.15) is 0 Å². The lowest BCUT2D eigenvalue weighted by Crippen LogP contribution is -2.20. The highest BCUT2D eigenvalue weighted by molar-refractivity contribution is 6.05. The number of carbonyl (C=O) groups excluding carboxylic acids is 1. The maximum Gasteiger partial charge on any atom is 0.258 e. The summed E-state index contributed by atoms with van der Waals surface area (Å²) in [5.41, 5.74) is 2.60. The Labute approximate surface area is 128 Å². The molecule has 110 valence electrons. The third-order valence-electron chi connectivity index (χ3n) is 3.77. The van der Waals surface area contributed by atoms with Crippen LogP contribution in [0, 0.1) is 6.92 Å². The number of ketones is 1. The SMILES string of the molecule is CC(=O)c1nc(C)cc2c(=O)n(C)c(-c3ccccc3)cc12. The van der Waals surface area contributed by atoms with Crippen LogP contribution >= 0.6 is 0 Å². The quantitative estimate of drug-likeness (QED) is 0.682. The smallest absolute Gasteiger partial charge is 0.258 e. The van der Waals surface area contributed by atoms with Gasteiger partial charge in [0.25, 0.3) is 5.56 Å². The first-order chi connectivity index (χ1) is 10.5. The normalized spacial score (nSPS) is 10.9. The van der Waals surface area contributed by atoms with Crippen molar-refractivity contribution in [1.29, 1.82) is 0 Å². The maximum absolute atomic E-state index is 12.7. The highest BCUT2D eigenvalue weighted by Crippen LogP contribution is 2.24. The van der Waals surface area contributed by atoms with E-state index in [9.17, 15) is 9.59 Å². The Balaban J connectivity index is 2.46. The summed E-state index contributed by atoms with van der Waals surface area (Å²) in [5, 5.41) is 1.14. The molecule has 2 aromatic heterocycles. The zero-order chi connectivity index (χ0) is 15.9. The molecule has 4 heteroatoms. The molecule has 3 aromatic rings. The Kier molecular flexibility index (Phi) is 3.37. The molecule has 0 bridgehead atoms. The number of hydrogen-bond acceptors (Lipinski definition) is 3. The number of pyridine rings is 2. The van der Waals surface area contributed by atoms with Crippen molar-refractivity contribution in [2.75, 3.05) is 0 Å². The zero-order valence-electron chi connectivity index (χ0n) is 12.8. The van der Waals surface area contributed by atoms with Crippen LogP contribution in [-0.2, 0) is 7.05 Å². The molecule has 3 rings (SSSR count). The van der Waals surface area contributed by atoms with Crippen LogP contribution in [-0.4, -0.2) is 15.3 Å². The standard InChI is InChI=1S/C18H16N2O2/c1-11-9-15-14(17(19-11)12(2)21)10-16(20(3)18(15)22)13-7-5-4-6-8-13/h4-10H,1-3H3. The summed E-state index contributed by atoms with van der Waals surface area (Å²) < 4.78 is 1.61. The Hall–Kier alpha value is -2.75. The molecule has 0 atom stereocenters. The second-order valence-corrected chi connectivity index (χ2v) is 5.39. The third kappa shape index (κ3) is 2.22. The summed E-state index contributed by atoms with van der Waals surface area (Å²) in [6, 6.07) is 13.3. The predicted molar refractivity (Wildman–Crippen MR) is 87.2 cm³/mol. The number of rotatable bonds is 2. The van der Waals surface area contributed by atoms with Gasteiger partial charge in [-0.05, 0) is 24.6 Å². The summed E-state index contributed by atoms with van der Waals surface area (Å²) in [6.45, 7) is 3.26. The lowest BCUT2D eigenvalue weighted by atomic mass is 10.0. The summed E-state index contributed by atoms with van der Waals surface area (Å²) in [6.07, 6.45) is 0. The Morgan fingerprint density at radius 3 is 2.41 bits per heavy atom. The number of aromatic nitrogens is 2. The second-order valence-electron chi connectivity index (χ2n) is 5.39. The van der Waals surface area contributed by atoms with E-state index in [1.165, 1.54) is 6.92 Å². The molecule has 1 aromatic carbocycles. The Morgan fingerprint density at radius 2 is 1.77 bits per heavy atom. The molecular formula is C18H16N2O2. The number of carbonyl (C=O) groups is 1. The molecule has 0 unspecified atom stereocenters. The molecule has 0 spiro atoms. The van der Waals surface area contributed by atoms with Crippen molar-refractivity contribution in [3.05, 3.63) is 64.2 Å². The van der Waals surface area contributed by atoms with Gasteiger partial charge in [0, 0.05) is 25.1 Å². The van der Waals surface area contributed by atoms with Crippen molar-refractivity contribution < 1.29 is 4.79 Å². The van der Waals surface area contributed by atoms with Crippen molar-refractivity contribution in [3.8, 4) is 11.3 Å². The van der Waals surface area contributed by atoms with Gasteiger partial charge in [-0.3, -0.25) is 9.59 Å². The van der Waals surface area contributed by atoms with Gasteiger partial charge in [-0.1, -0.05) is 30.3 Å². The van der Waals surface area contributed by atoms with E-state index in [0.29, 0.717) is 22.2 Å². The first kappa shape index (κ1) is 14.2. The molecule has 0 amide bonds. The van der Waals surface area contributed by atoms with Gasteiger partial charge < -0.3 is 4.57 Å². The first-order valence-electron chi connectivity index (χ1n) is 7.07. The van der Waals surface area contributed by atoms with Crippen LogP contribution in [0.1, 0.15) is 23.1 Å². The van der Waals surface area contributed by atoms with E-state index in [4.69, 9.17) is 0 Å². The highest BCUT2D eigenvalue weighted by Gasteiger charge is 2.15. The molecule has 22 heavy (non-hydrogen) atoms. The van der Waals surface area contributed by atoms with E-state index in [0.717, 1.165) is 11.3 Å². The molecule has 0 N–H and O–H groups in total. The molecule has 0 aliphatic carbocycles. The lowest BCUT2D eigenvalue weighted by Gasteiger charge is -2.12. The fourth-order valence-electron chi connectivity index (χ4n) is 2.68. The molecule has 4 nitrogen and oxygen atoms in total. The van der Waals surface area contributed by atoms with Gasteiger partial charge in [0.05, 0.1) is 11.1 Å². The van der Waals surface area contributed by atoms with E-state index in [2.05, 4.69) is 4.98 Å². The third-order valence-corrected chi connectivity index (χ3v) is 3.77. The van der Waals surface area contributed by atoms with Crippen molar-refractivity contribution in [1.82, 2.24) is 9.55 Å². The zero-order valence-corrected chi connectivity index (χ0v) is 12.8. The largest absolute Gasteiger partial charge is 0.311 e. The highest BCUT2D eigenvalue weighted by atomic mass is 16.1. The minimum atomic E-state index is -0.138. The monoisotopic (exact) mass is 292 g/mol. The fraction of sp³-hybridized carbons (Fsp3) is 0.167. The first-order valence-corrected chi connectivity index (χ1v) is 7.07. The molecule has 0 saturated heterocycles. The lowest BCUT2D eigenvalue weighted by molar-refractivity contribution is 0.101. The topological polar surface area (TPSA) is 52.0 Å². The Bertz CT molecular complexity index is 941. The number of fused-ring (bicyclic) bond motifs is 1. The molecule has 0 aliphatic heterocycles. The van der Waals surface area contributed by atoms with E-state index >= 15 is 0 Å². The van der Waals surface area contributed by atoms with Crippen molar-refractivity contribution in [3.63, 3.8) is 0 Å². The summed E-state index contributed by atoms with van der Waals surface area (Å²) in [7, 11) is 1.74.